The molecule has 0 saturated heterocycles. The van der Waals surface area contributed by atoms with Gasteiger partial charge in [-0.15, -0.1) is 0 Å². The lowest BCUT2D eigenvalue weighted by Gasteiger charge is -2.12. The Morgan fingerprint density at radius 3 is 2.72 bits per heavy atom. The minimum atomic E-state index is 0.488. The monoisotopic (exact) mass is 374 g/mol. The van der Waals surface area contributed by atoms with Gasteiger partial charge in [-0.3, -0.25) is 5.10 Å². The van der Waals surface area contributed by atoms with Crippen LogP contribution in [-0.4, -0.2) is 14.9 Å². The molecule has 7 heteroatoms. The second kappa shape index (κ2) is 8.18. The van der Waals surface area contributed by atoms with Crippen LogP contribution in [0.25, 0.3) is 0 Å². The van der Waals surface area contributed by atoms with Gasteiger partial charge in [0.15, 0.2) is 5.82 Å². The van der Waals surface area contributed by atoms with E-state index in [1.165, 1.54) is 0 Å². The van der Waals surface area contributed by atoms with Crippen LogP contribution in [0, 0.1) is 4.77 Å². The van der Waals surface area contributed by atoms with Crippen molar-refractivity contribution in [2.24, 2.45) is 0 Å². The maximum absolute atomic E-state index is 6.35. The number of benzene rings is 2. The van der Waals surface area contributed by atoms with E-state index in [-0.39, 0.29) is 0 Å². The molecule has 130 valence electrons. The van der Waals surface area contributed by atoms with Gasteiger partial charge in [0.1, 0.15) is 12.4 Å². The van der Waals surface area contributed by atoms with Crippen molar-refractivity contribution in [1.82, 2.24) is 14.9 Å². The maximum atomic E-state index is 6.35. The summed E-state index contributed by atoms with van der Waals surface area (Å²) in [5.41, 5.74) is 5.38. The Bertz CT molecular complexity index is 892. The van der Waals surface area contributed by atoms with Crippen molar-refractivity contribution in [3.63, 3.8) is 0 Å². The molecule has 2 aromatic carbocycles. The standard InChI is InChI=1S/C18H19ClN4OS/c1-2-17-21-22-18(25)23(17)20-11-14-8-9-16(15(19)10-14)24-12-13-6-4-3-5-7-13/h3-10,20H,2,11-12H2,1H3,(H,22,25). The number of rotatable bonds is 7. The molecular weight excluding hydrogens is 356 g/mol. The van der Waals surface area contributed by atoms with Gasteiger partial charge in [-0.1, -0.05) is 54.9 Å². The lowest BCUT2D eigenvalue weighted by molar-refractivity contribution is 0.306. The van der Waals surface area contributed by atoms with Crippen molar-refractivity contribution in [1.29, 1.82) is 0 Å². The van der Waals surface area contributed by atoms with Gasteiger partial charge in [0, 0.05) is 6.42 Å². The number of H-pyrrole nitrogens is 1. The SMILES string of the molecule is CCc1n[nH]c(=S)n1NCc1ccc(OCc2ccccc2)c(Cl)c1. The van der Waals surface area contributed by atoms with Crippen LogP contribution in [-0.2, 0) is 19.6 Å². The third-order valence-electron chi connectivity index (χ3n) is 3.73. The van der Waals surface area contributed by atoms with E-state index in [0.29, 0.717) is 28.7 Å². The summed E-state index contributed by atoms with van der Waals surface area (Å²) in [4.78, 5) is 0. The van der Waals surface area contributed by atoms with Crippen LogP contribution in [0.5, 0.6) is 5.75 Å². The number of aryl methyl sites for hydroxylation is 1. The van der Waals surface area contributed by atoms with Gasteiger partial charge >= 0.3 is 0 Å². The van der Waals surface area contributed by atoms with Crippen LogP contribution in [0.3, 0.4) is 0 Å². The summed E-state index contributed by atoms with van der Waals surface area (Å²) in [6.07, 6.45) is 0.785. The number of aromatic nitrogens is 3. The second-order valence-corrected chi connectivity index (χ2v) is 6.30. The maximum Gasteiger partial charge on any atom is 0.214 e. The highest BCUT2D eigenvalue weighted by atomic mass is 35.5. The van der Waals surface area contributed by atoms with Gasteiger partial charge in [-0.05, 0) is 35.5 Å². The van der Waals surface area contributed by atoms with Crippen molar-refractivity contribution in [2.75, 3.05) is 5.43 Å². The minimum absolute atomic E-state index is 0.488. The number of hydrogen-bond donors (Lipinski definition) is 2. The molecule has 25 heavy (non-hydrogen) atoms. The highest BCUT2D eigenvalue weighted by Crippen LogP contribution is 2.26. The summed E-state index contributed by atoms with van der Waals surface area (Å²) in [5, 5.41) is 7.54. The molecule has 2 N–H and O–H groups in total. The minimum Gasteiger partial charge on any atom is -0.487 e. The number of nitrogens with one attached hydrogen (secondary N) is 2. The molecule has 0 fully saturated rings. The number of aromatic amines is 1. The van der Waals surface area contributed by atoms with E-state index in [1.807, 2.05) is 55.5 Å². The zero-order valence-corrected chi connectivity index (χ0v) is 15.4. The van der Waals surface area contributed by atoms with Gasteiger partial charge in [0.25, 0.3) is 0 Å². The third kappa shape index (κ3) is 4.41. The number of nitrogens with zero attached hydrogens (tertiary/aromatic N) is 2. The predicted octanol–water partition coefficient (Wildman–Crippen LogP) is 4.48. The first-order chi connectivity index (χ1) is 12.2. The lowest BCUT2D eigenvalue weighted by atomic mass is 10.2. The van der Waals surface area contributed by atoms with Crippen LogP contribution in [0.2, 0.25) is 5.02 Å². The van der Waals surface area contributed by atoms with Crippen LogP contribution < -0.4 is 10.2 Å². The average molecular weight is 375 g/mol. The number of hydrogen-bond acceptors (Lipinski definition) is 4. The van der Waals surface area contributed by atoms with Crippen molar-refractivity contribution in [3.8, 4) is 5.75 Å². The first-order valence-corrected chi connectivity index (χ1v) is 8.81. The van der Waals surface area contributed by atoms with Gasteiger partial charge in [0.2, 0.25) is 4.77 Å². The smallest absolute Gasteiger partial charge is 0.214 e. The first kappa shape index (κ1) is 17.5. The van der Waals surface area contributed by atoms with Gasteiger partial charge in [0.05, 0.1) is 11.6 Å². The van der Waals surface area contributed by atoms with Crippen LogP contribution in [0.15, 0.2) is 48.5 Å². The molecule has 0 saturated carbocycles. The molecule has 0 aliphatic rings. The fraction of sp³-hybridized carbons (Fsp3) is 0.222. The fourth-order valence-corrected chi connectivity index (χ4v) is 2.88. The highest BCUT2D eigenvalue weighted by molar-refractivity contribution is 7.71. The molecular formula is C18H19ClN4OS. The zero-order chi connectivity index (χ0) is 17.6. The Balaban J connectivity index is 1.63. The molecule has 0 atom stereocenters. The summed E-state index contributed by atoms with van der Waals surface area (Å²) in [6.45, 7) is 3.10. The summed E-state index contributed by atoms with van der Waals surface area (Å²) < 4.78 is 8.12. The Morgan fingerprint density at radius 1 is 1.20 bits per heavy atom. The summed E-state index contributed by atoms with van der Waals surface area (Å²) in [7, 11) is 0. The molecule has 0 amide bonds. The Hall–Kier alpha value is -2.31. The fourth-order valence-electron chi connectivity index (χ4n) is 2.41. The van der Waals surface area contributed by atoms with Crippen LogP contribution >= 0.6 is 23.8 Å². The number of halogens is 1. The normalized spacial score (nSPS) is 10.6. The molecule has 0 aliphatic heterocycles. The molecule has 1 aromatic heterocycles. The van der Waals surface area contributed by atoms with Crippen LogP contribution in [0.1, 0.15) is 23.9 Å². The van der Waals surface area contributed by atoms with Crippen molar-refractivity contribution in [3.05, 3.63) is 75.3 Å². The molecule has 0 aliphatic carbocycles. The van der Waals surface area contributed by atoms with Gasteiger partial charge in [-0.2, -0.15) is 5.10 Å². The van der Waals surface area contributed by atoms with Gasteiger partial charge < -0.3 is 10.2 Å². The molecule has 0 bridgehead atoms. The van der Waals surface area contributed by atoms with E-state index in [2.05, 4.69) is 15.6 Å². The summed E-state index contributed by atoms with van der Waals surface area (Å²) in [6, 6.07) is 15.8. The van der Waals surface area contributed by atoms with E-state index in [4.69, 9.17) is 28.6 Å². The zero-order valence-electron chi connectivity index (χ0n) is 13.8. The Morgan fingerprint density at radius 2 is 2.00 bits per heavy atom. The molecule has 0 radical (unpaired) electrons. The van der Waals surface area contributed by atoms with E-state index < -0.39 is 0 Å². The predicted molar refractivity (Wildman–Crippen MR) is 102 cm³/mol. The van der Waals surface area contributed by atoms with Crippen molar-refractivity contribution >= 4 is 23.8 Å². The summed E-state index contributed by atoms with van der Waals surface area (Å²) in [5.74, 6) is 1.53. The van der Waals surface area contributed by atoms with E-state index in [1.54, 1.807) is 4.68 Å². The van der Waals surface area contributed by atoms with Crippen molar-refractivity contribution < 1.29 is 4.74 Å². The molecule has 3 rings (SSSR count). The van der Waals surface area contributed by atoms with Gasteiger partial charge in [-0.25, -0.2) is 4.68 Å². The first-order valence-electron chi connectivity index (χ1n) is 8.02. The highest BCUT2D eigenvalue weighted by Gasteiger charge is 2.06. The third-order valence-corrected chi connectivity index (χ3v) is 4.30. The molecule has 0 unspecified atom stereocenters. The molecule has 3 aromatic rings. The second-order valence-electron chi connectivity index (χ2n) is 5.51. The van der Waals surface area contributed by atoms with Crippen LogP contribution in [0.4, 0.5) is 0 Å². The summed E-state index contributed by atoms with van der Waals surface area (Å²) >= 11 is 11.6. The van der Waals surface area contributed by atoms with E-state index >= 15 is 0 Å². The number of ether oxygens (including phenoxy) is 1. The quantitative estimate of drug-likeness (QED) is 0.599. The Labute approximate surface area is 156 Å². The molecule has 5 nitrogen and oxygen atoms in total. The van der Waals surface area contributed by atoms with Crippen molar-refractivity contribution in [2.45, 2.75) is 26.5 Å². The molecule has 1 heterocycles. The van der Waals surface area contributed by atoms with E-state index in [9.17, 15) is 0 Å². The average Bonchev–Trinajstić information content (AvgIpc) is 3.00. The largest absolute Gasteiger partial charge is 0.487 e. The Kier molecular flexibility index (Phi) is 5.73. The topological polar surface area (TPSA) is 54.9 Å². The van der Waals surface area contributed by atoms with E-state index in [0.717, 1.165) is 23.4 Å². The lowest BCUT2D eigenvalue weighted by Crippen LogP contribution is -2.17. The molecule has 0 spiro atoms.